The minimum absolute atomic E-state index is 0.0114. The van der Waals surface area contributed by atoms with Gasteiger partial charge < -0.3 is 4.74 Å². The summed E-state index contributed by atoms with van der Waals surface area (Å²) in [5, 5.41) is 8.45. The molecule has 78 valence electrons. The van der Waals surface area contributed by atoms with Gasteiger partial charge in [-0.15, -0.1) is 11.8 Å². The molecule has 1 saturated heterocycles. The van der Waals surface area contributed by atoms with Crippen LogP contribution in [-0.2, 0) is 4.74 Å². The van der Waals surface area contributed by atoms with Crippen molar-refractivity contribution in [2.45, 2.75) is 16.5 Å². The average Bonchev–Trinajstić information content (AvgIpc) is 2.86. The molecule has 3 aliphatic heterocycles. The Morgan fingerprint density at radius 3 is 3.40 bits per heavy atom. The van der Waals surface area contributed by atoms with E-state index < -0.39 is 0 Å². The zero-order valence-corrected chi connectivity index (χ0v) is 8.96. The fraction of sp³-hybridized carbons (Fsp3) is 0.600. The molecule has 1 fully saturated rings. The summed E-state index contributed by atoms with van der Waals surface area (Å²) in [4.78, 5) is 4.46. The molecule has 1 N–H and O–H groups in total. The maximum Gasteiger partial charge on any atom is 0.125 e. The molecule has 4 nitrogen and oxygen atoms in total. The predicted molar refractivity (Wildman–Crippen MR) is 57.6 cm³/mol. The Labute approximate surface area is 91.5 Å². The molecule has 1 aromatic heterocycles. The van der Waals surface area contributed by atoms with Crippen molar-refractivity contribution in [3.8, 4) is 0 Å². The molecule has 0 bridgehead atoms. The van der Waals surface area contributed by atoms with E-state index in [0.717, 1.165) is 19.0 Å². The number of fused-ring (bicyclic) bond motifs is 4. The van der Waals surface area contributed by atoms with Gasteiger partial charge in [-0.3, -0.25) is 10.1 Å². The Kier molecular flexibility index (Phi) is 1.48. The SMILES string of the molecule is C1=N[C@]12COC[C@@H]1CSc3[nH]ncc3[C@@H]12. The molecule has 3 aliphatic rings. The van der Waals surface area contributed by atoms with E-state index in [0.29, 0.717) is 11.8 Å². The third kappa shape index (κ3) is 1.02. The molecular formula is C10H11N3OS. The van der Waals surface area contributed by atoms with Crippen molar-refractivity contribution >= 4 is 18.0 Å². The van der Waals surface area contributed by atoms with Crippen LogP contribution in [0, 0.1) is 5.92 Å². The van der Waals surface area contributed by atoms with E-state index in [2.05, 4.69) is 21.4 Å². The van der Waals surface area contributed by atoms with Crippen LogP contribution in [0.15, 0.2) is 16.2 Å². The molecule has 4 rings (SSSR count). The first-order valence-corrected chi connectivity index (χ1v) is 6.18. The summed E-state index contributed by atoms with van der Waals surface area (Å²) in [6, 6.07) is 0. The van der Waals surface area contributed by atoms with Crippen molar-refractivity contribution in [1.29, 1.82) is 0 Å². The topological polar surface area (TPSA) is 50.3 Å². The van der Waals surface area contributed by atoms with Crippen LogP contribution in [0.2, 0.25) is 0 Å². The van der Waals surface area contributed by atoms with E-state index in [1.54, 1.807) is 0 Å². The maximum atomic E-state index is 5.64. The number of nitrogens with one attached hydrogen (secondary N) is 1. The Morgan fingerprint density at radius 2 is 2.53 bits per heavy atom. The minimum Gasteiger partial charge on any atom is -0.378 e. The van der Waals surface area contributed by atoms with Gasteiger partial charge in [0, 0.05) is 29.4 Å². The first kappa shape index (κ1) is 8.35. The van der Waals surface area contributed by atoms with Gasteiger partial charge in [0.25, 0.3) is 0 Å². The van der Waals surface area contributed by atoms with Crippen LogP contribution in [0.25, 0.3) is 0 Å². The summed E-state index contributed by atoms with van der Waals surface area (Å²) < 4.78 is 5.64. The van der Waals surface area contributed by atoms with Crippen LogP contribution >= 0.6 is 11.8 Å². The molecule has 0 aliphatic carbocycles. The summed E-state index contributed by atoms with van der Waals surface area (Å²) in [6.07, 6.45) is 4.02. The van der Waals surface area contributed by atoms with Crippen LogP contribution in [-0.4, -0.2) is 40.9 Å². The van der Waals surface area contributed by atoms with Crippen LogP contribution in [0.4, 0.5) is 0 Å². The van der Waals surface area contributed by atoms with E-state index in [1.165, 1.54) is 10.6 Å². The largest absolute Gasteiger partial charge is 0.378 e. The number of hydrogen-bond donors (Lipinski definition) is 1. The highest BCUT2D eigenvalue weighted by atomic mass is 32.2. The van der Waals surface area contributed by atoms with Crippen molar-refractivity contribution in [3.63, 3.8) is 0 Å². The molecule has 0 saturated carbocycles. The lowest BCUT2D eigenvalue weighted by Crippen LogP contribution is -2.44. The summed E-state index contributed by atoms with van der Waals surface area (Å²) in [5.74, 6) is 2.21. The van der Waals surface area contributed by atoms with Crippen LogP contribution in [0.3, 0.4) is 0 Å². The highest BCUT2D eigenvalue weighted by Gasteiger charge is 2.54. The number of ether oxygens (including phenoxy) is 1. The zero-order chi connectivity index (χ0) is 9.88. The number of H-pyrrole nitrogens is 1. The van der Waals surface area contributed by atoms with E-state index in [9.17, 15) is 0 Å². The van der Waals surface area contributed by atoms with Gasteiger partial charge in [0.05, 0.1) is 24.4 Å². The minimum atomic E-state index is -0.0114. The molecular weight excluding hydrogens is 210 g/mol. The number of aliphatic imine (C=N–C) groups is 1. The summed E-state index contributed by atoms with van der Waals surface area (Å²) in [5.41, 5.74) is 1.33. The number of aromatic amines is 1. The Hall–Kier alpha value is -0.810. The van der Waals surface area contributed by atoms with Crippen LogP contribution in [0.5, 0.6) is 0 Å². The van der Waals surface area contributed by atoms with Gasteiger partial charge in [0.15, 0.2) is 0 Å². The number of thioether (sulfide) groups is 1. The van der Waals surface area contributed by atoms with Crippen molar-refractivity contribution in [2.75, 3.05) is 19.0 Å². The van der Waals surface area contributed by atoms with Gasteiger partial charge in [-0.1, -0.05) is 0 Å². The van der Waals surface area contributed by atoms with Gasteiger partial charge in [-0.05, 0) is 0 Å². The second kappa shape index (κ2) is 2.65. The summed E-state index contributed by atoms with van der Waals surface area (Å²) >= 11 is 1.86. The van der Waals surface area contributed by atoms with Crippen molar-refractivity contribution in [1.82, 2.24) is 10.2 Å². The lowest BCUT2D eigenvalue weighted by molar-refractivity contribution is 0.0267. The van der Waals surface area contributed by atoms with Crippen molar-refractivity contribution in [2.24, 2.45) is 10.9 Å². The average molecular weight is 221 g/mol. The zero-order valence-electron chi connectivity index (χ0n) is 8.14. The quantitative estimate of drug-likeness (QED) is 0.713. The highest BCUT2D eigenvalue weighted by Crippen LogP contribution is 2.51. The second-order valence-electron chi connectivity index (χ2n) is 4.47. The fourth-order valence-electron chi connectivity index (χ4n) is 2.76. The fourth-order valence-corrected chi connectivity index (χ4v) is 3.90. The molecule has 0 unspecified atom stereocenters. The predicted octanol–water partition coefficient (Wildman–Crippen LogP) is 1.07. The highest BCUT2D eigenvalue weighted by molar-refractivity contribution is 7.99. The first-order chi connectivity index (χ1) is 7.39. The van der Waals surface area contributed by atoms with Crippen LogP contribution < -0.4 is 0 Å². The maximum absolute atomic E-state index is 5.64. The van der Waals surface area contributed by atoms with Gasteiger partial charge in [-0.25, -0.2) is 0 Å². The molecule has 1 spiro atoms. The normalized spacial score (nSPS) is 41.3. The smallest absolute Gasteiger partial charge is 0.125 e. The van der Waals surface area contributed by atoms with E-state index in [4.69, 9.17) is 4.74 Å². The molecule has 0 radical (unpaired) electrons. The lowest BCUT2D eigenvalue weighted by Gasteiger charge is -2.39. The molecule has 4 heterocycles. The number of aromatic nitrogens is 2. The third-order valence-electron chi connectivity index (χ3n) is 3.54. The van der Waals surface area contributed by atoms with Crippen LogP contribution in [0.1, 0.15) is 11.5 Å². The van der Waals surface area contributed by atoms with E-state index in [1.807, 2.05) is 18.0 Å². The molecule has 0 amide bonds. The summed E-state index contributed by atoms with van der Waals surface area (Å²) in [7, 11) is 0. The Bertz CT molecular complexity index is 436. The number of hydrogen-bond acceptors (Lipinski definition) is 4. The van der Waals surface area contributed by atoms with Gasteiger partial charge in [0.1, 0.15) is 5.54 Å². The monoisotopic (exact) mass is 221 g/mol. The van der Waals surface area contributed by atoms with E-state index in [-0.39, 0.29) is 5.54 Å². The standard InChI is InChI=1S/C10H11N3OS/c1-7-8-6(3-15-9(7)13-12-1)2-14-5-10(8)4-11-10/h1,4,6,8H,2-3,5H2,(H,12,13)/t6-,8-,10+/m1/s1. The molecule has 5 heteroatoms. The Balaban J connectivity index is 1.82. The Morgan fingerprint density at radius 1 is 1.60 bits per heavy atom. The van der Waals surface area contributed by atoms with Crippen molar-refractivity contribution < 1.29 is 4.74 Å². The van der Waals surface area contributed by atoms with Gasteiger partial charge >= 0.3 is 0 Å². The molecule has 1 aromatic rings. The lowest BCUT2D eigenvalue weighted by atomic mass is 9.76. The van der Waals surface area contributed by atoms with Gasteiger partial charge in [-0.2, -0.15) is 5.10 Å². The second-order valence-corrected chi connectivity index (χ2v) is 5.50. The number of rotatable bonds is 0. The van der Waals surface area contributed by atoms with E-state index >= 15 is 0 Å². The van der Waals surface area contributed by atoms with Gasteiger partial charge in [0.2, 0.25) is 0 Å². The number of nitrogens with zero attached hydrogens (tertiary/aromatic N) is 2. The first-order valence-electron chi connectivity index (χ1n) is 5.19. The molecule has 15 heavy (non-hydrogen) atoms. The third-order valence-corrected chi connectivity index (χ3v) is 4.76. The van der Waals surface area contributed by atoms with Crippen molar-refractivity contribution in [3.05, 3.63) is 11.8 Å². The molecule has 0 aromatic carbocycles. The molecule has 3 atom stereocenters. The summed E-state index contributed by atoms with van der Waals surface area (Å²) in [6.45, 7) is 1.62.